The van der Waals surface area contributed by atoms with Crippen molar-refractivity contribution >= 4 is 11.8 Å². The SMILES string of the molecule is CSCCNC1CC(c2ccccc2F)C1. The van der Waals surface area contributed by atoms with Gasteiger partial charge < -0.3 is 5.32 Å². The van der Waals surface area contributed by atoms with Crippen LogP contribution in [0.2, 0.25) is 0 Å². The lowest BCUT2D eigenvalue weighted by molar-refractivity contribution is 0.291. The summed E-state index contributed by atoms with van der Waals surface area (Å²) in [5, 5.41) is 3.50. The lowest BCUT2D eigenvalue weighted by Gasteiger charge is -2.36. The highest BCUT2D eigenvalue weighted by Gasteiger charge is 2.31. The van der Waals surface area contributed by atoms with Crippen LogP contribution in [0, 0.1) is 5.82 Å². The average Bonchev–Trinajstić information content (AvgIpc) is 2.23. The maximum atomic E-state index is 13.5. The van der Waals surface area contributed by atoms with Crippen molar-refractivity contribution in [2.24, 2.45) is 0 Å². The van der Waals surface area contributed by atoms with Crippen LogP contribution < -0.4 is 5.32 Å². The fraction of sp³-hybridized carbons (Fsp3) is 0.538. The summed E-state index contributed by atoms with van der Waals surface area (Å²) in [5.41, 5.74) is 0.894. The first-order valence-corrected chi connectivity index (χ1v) is 7.17. The number of hydrogen-bond acceptors (Lipinski definition) is 2. The lowest BCUT2D eigenvalue weighted by Crippen LogP contribution is -2.41. The Hall–Kier alpha value is -0.540. The Balaban J connectivity index is 1.78. The van der Waals surface area contributed by atoms with E-state index >= 15 is 0 Å². The number of benzene rings is 1. The maximum Gasteiger partial charge on any atom is 0.126 e. The van der Waals surface area contributed by atoms with E-state index in [-0.39, 0.29) is 5.82 Å². The van der Waals surface area contributed by atoms with E-state index in [1.807, 2.05) is 23.9 Å². The standard InChI is InChI=1S/C13H18FNS/c1-16-7-6-15-11-8-10(9-11)12-4-2-3-5-13(12)14/h2-5,10-11,15H,6-9H2,1H3. The summed E-state index contributed by atoms with van der Waals surface area (Å²) >= 11 is 1.86. The van der Waals surface area contributed by atoms with Gasteiger partial charge in [0.05, 0.1) is 0 Å². The topological polar surface area (TPSA) is 12.0 Å². The minimum absolute atomic E-state index is 0.0462. The molecule has 3 heteroatoms. The zero-order valence-electron chi connectivity index (χ0n) is 9.58. The van der Waals surface area contributed by atoms with Crippen LogP contribution in [0.25, 0.3) is 0 Å². The fourth-order valence-corrected chi connectivity index (χ4v) is 2.53. The summed E-state index contributed by atoms with van der Waals surface area (Å²) < 4.78 is 13.5. The van der Waals surface area contributed by atoms with E-state index in [4.69, 9.17) is 0 Å². The Morgan fingerprint density at radius 3 is 2.81 bits per heavy atom. The Kier molecular flexibility index (Phi) is 4.24. The predicted molar refractivity (Wildman–Crippen MR) is 68.5 cm³/mol. The molecule has 0 atom stereocenters. The van der Waals surface area contributed by atoms with Gasteiger partial charge in [-0.3, -0.25) is 0 Å². The van der Waals surface area contributed by atoms with E-state index in [1.165, 1.54) is 0 Å². The molecule has 2 rings (SSSR count). The smallest absolute Gasteiger partial charge is 0.126 e. The molecule has 1 aliphatic rings. The molecule has 0 radical (unpaired) electrons. The maximum absolute atomic E-state index is 13.5. The molecular formula is C13H18FNS. The van der Waals surface area contributed by atoms with E-state index < -0.39 is 0 Å². The molecule has 1 aliphatic carbocycles. The number of hydrogen-bond donors (Lipinski definition) is 1. The van der Waals surface area contributed by atoms with Crippen molar-refractivity contribution < 1.29 is 4.39 Å². The van der Waals surface area contributed by atoms with Gasteiger partial charge >= 0.3 is 0 Å². The minimum atomic E-state index is -0.0462. The van der Waals surface area contributed by atoms with Crippen LogP contribution in [-0.4, -0.2) is 24.6 Å². The van der Waals surface area contributed by atoms with Crippen LogP contribution in [-0.2, 0) is 0 Å². The van der Waals surface area contributed by atoms with Crippen molar-refractivity contribution in [1.29, 1.82) is 0 Å². The number of thioether (sulfide) groups is 1. The third-order valence-electron chi connectivity index (χ3n) is 3.22. The van der Waals surface area contributed by atoms with Crippen LogP contribution in [0.4, 0.5) is 4.39 Å². The highest BCUT2D eigenvalue weighted by atomic mass is 32.2. The van der Waals surface area contributed by atoms with Gasteiger partial charge in [-0.05, 0) is 36.6 Å². The zero-order valence-corrected chi connectivity index (χ0v) is 10.4. The van der Waals surface area contributed by atoms with Gasteiger partial charge in [0.2, 0.25) is 0 Å². The third-order valence-corrected chi connectivity index (χ3v) is 3.83. The average molecular weight is 239 g/mol. The minimum Gasteiger partial charge on any atom is -0.313 e. The molecule has 0 aromatic heterocycles. The molecule has 1 aromatic rings. The van der Waals surface area contributed by atoms with Gasteiger partial charge in [-0.15, -0.1) is 0 Å². The molecule has 1 nitrogen and oxygen atoms in total. The summed E-state index contributed by atoms with van der Waals surface area (Å²) in [6.07, 6.45) is 4.27. The number of rotatable bonds is 5. The monoisotopic (exact) mass is 239 g/mol. The van der Waals surface area contributed by atoms with Gasteiger partial charge in [0.1, 0.15) is 5.82 Å². The van der Waals surface area contributed by atoms with Gasteiger partial charge in [0, 0.05) is 18.3 Å². The van der Waals surface area contributed by atoms with Crippen molar-refractivity contribution in [3.8, 4) is 0 Å². The van der Waals surface area contributed by atoms with Crippen LogP contribution >= 0.6 is 11.8 Å². The van der Waals surface area contributed by atoms with Gasteiger partial charge in [-0.25, -0.2) is 4.39 Å². The summed E-state index contributed by atoms with van der Waals surface area (Å²) in [4.78, 5) is 0. The van der Waals surface area contributed by atoms with Crippen molar-refractivity contribution in [3.05, 3.63) is 35.6 Å². The Bertz CT molecular complexity index is 336. The lowest BCUT2D eigenvalue weighted by atomic mass is 9.75. The first-order valence-electron chi connectivity index (χ1n) is 5.78. The molecule has 0 bridgehead atoms. The highest BCUT2D eigenvalue weighted by Crippen LogP contribution is 2.37. The second-order valence-corrected chi connectivity index (χ2v) is 5.32. The fourth-order valence-electron chi connectivity index (χ4n) is 2.21. The second-order valence-electron chi connectivity index (χ2n) is 4.33. The molecule has 0 heterocycles. The van der Waals surface area contributed by atoms with Gasteiger partial charge in [0.15, 0.2) is 0 Å². The molecule has 16 heavy (non-hydrogen) atoms. The molecule has 0 aliphatic heterocycles. The van der Waals surface area contributed by atoms with Gasteiger partial charge in [-0.2, -0.15) is 11.8 Å². The zero-order chi connectivity index (χ0) is 11.4. The normalized spacial score (nSPS) is 24.1. The van der Waals surface area contributed by atoms with Crippen molar-refractivity contribution in [1.82, 2.24) is 5.32 Å². The largest absolute Gasteiger partial charge is 0.313 e. The Morgan fingerprint density at radius 2 is 2.12 bits per heavy atom. The molecule has 0 amide bonds. The van der Waals surface area contributed by atoms with Crippen LogP contribution in [0.5, 0.6) is 0 Å². The molecule has 1 fully saturated rings. The summed E-state index contributed by atoms with van der Waals surface area (Å²) in [6.45, 7) is 1.07. The van der Waals surface area contributed by atoms with Crippen LogP contribution in [0.3, 0.4) is 0 Å². The molecular weight excluding hydrogens is 221 g/mol. The summed E-state index contributed by atoms with van der Waals surface area (Å²) in [6, 6.07) is 7.75. The molecule has 1 saturated carbocycles. The van der Waals surface area contributed by atoms with E-state index in [9.17, 15) is 4.39 Å². The second kappa shape index (κ2) is 5.69. The van der Waals surface area contributed by atoms with Crippen molar-refractivity contribution in [2.75, 3.05) is 18.6 Å². The molecule has 0 saturated heterocycles. The van der Waals surface area contributed by atoms with Crippen LogP contribution in [0.1, 0.15) is 24.3 Å². The molecule has 88 valence electrons. The quantitative estimate of drug-likeness (QED) is 0.793. The number of halogens is 1. The summed E-state index contributed by atoms with van der Waals surface area (Å²) in [7, 11) is 0. The van der Waals surface area contributed by atoms with Gasteiger partial charge in [0.25, 0.3) is 0 Å². The van der Waals surface area contributed by atoms with E-state index in [0.717, 1.165) is 30.7 Å². The van der Waals surface area contributed by atoms with Crippen molar-refractivity contribution in [3.63, 3.8) is 0 Å². The third kappa shape index (κ3) is 2.77. The Morgan fingerprint density at radius 1 is 1.38 bits per heavy atom. The molecule has 1 aromatic carbocycles. The Labute approximate surface area is 101 Å². The highest BCUT2D eigenvalue weighted by molar-refractivity contribution is 7.98. The number of nitrogens with one attached hydrogen (secondary N) is 1. The van der Waals surface area contributed by atoms with Gasteiger partial charge in [-0.1, -0.05) is 18.2 Å². The molecule has 0 spiro atoms. The summed E-state index contributed by atoms with van der Waals surface area (Å²) in [5.74, 6) is 1.53. The van der Waals surface area contributed by atoms with Crippen LogP contribution in [0.15, 0.2) is 24.3 Å². The van der Waals surface area contributed by atoms with E-state index in [1.54, 1.807) is 12.1 Å². The molecule has 1 N–H and O–H groups in total. The first kappa shape index (κ1) is 11.9. The van der Waals surface area contributed by atoms with E-state index in [2.05, 4.69) is 11.6 Å². The van der Waals surface area contributed by atoms with E-state index in [0.29, 0.717) is 12.0 Å². The molecule has 0 unspecified atom stereocenters. The first-order chi connectivity index (χ1) is 7.81. The predicted octanol–water partition coefficient (Wildman–Crippen LogP) is 3.02. The van der Waals surface area contributed by atoms with Crippen molar-refractivity contribution in [2.45, 2.75) is 24.8 Å².